The second-order valence-electron chi connectivity index (χ2n) is 6.16. The van der Waals surface area contributed by atoms with E-state index in [0.717, 1.165) is 11.0 Å². The molecule has 0 unspecified atom stereocenters. The Morgan fingerprint density at radius 3 is 2.79 bits per heavy atom. The maximum absolute atomic E-state index is 5.87. The Morgan fingerprint density at radius 1 is 1.07 bits per heavy atom. The van der Waals surface area contributed by atoms with Gasteiger partial charge in [-0.1, -0.05) is 12.1 Å². The summed E-state index contributed by atoms with van der Waals surface area (Å²) in [6.45, 7) is 0.266. The van der Waals surface area contributed by atoms with Crippen molar-refractivity contribution in [3.63, 3.8) is 0 Å². The van der Waals surface area contributed by atoms with Gasteiger partial charge in [0.2, 0.25) is 5.82 Å². The zero-order chi connectivity index (χ0) is 19.1. The van der Waals surface area contributed by atoms with Gasteiger partial charge >= 0.3 is 0 Å². The number of aryl methyl sites for hydroxylation is 1. The van der Waals surface area contributed by atoms with E-state index in [1.54, 1.807) is 28.8 Å². The van der Waals surface area contributed by atoms with Crippen LogP contribution < -0.4 is 9.47 Å². The summed E-state index contributed by atoms with van der Waals surface area (Å²) >= 11 is 0. The molecule has 0 N–H and O–H groups in total. The van der Waals surface area contributed by atoms with Crippen molar-refractivity contribution in [2.45, 2.75) is 6.61 Å². The molecule has 9 heteroatoms. The Bertz CT molecular complexity index is 1290. The summed E-state index contributed by atoms with van der Waals surface area (Å²) in [4.78, 5) is 8.95. The minimum absolute atomic E-state index is 0.266. The highest BCUT2D eigenvalue weighted by molar-refractivity contribution is 5.88. The molecule has 0 spiro atoms. The minimum Gasteiger partial charge on any atom is -0.493 e. The lowest BCUT2D eigenvalue weighted by atomic mass is 10.3. The van der Waals surface area contributed by atoms with Crippen LogP contribution >= 0.6 is 0 Å². The van der Waals surface area contributed by atoms with Crippen molar-refractivity contribution in [1.82, 2.24) is 29.4 Å². The van der Waals surface area contributed by atoms with Crippen molar-refractivity contribution in [2.24, 2.45) is 7.05 Å². The van der Waals surface area contributed by atoms with Gasteiger partial charge < -0.3 is 13.9 Å². The van der Waals surface area contributed by atoms with E-state index in [-0.39, 0.29) is 6.61 Å². The number of furan rings is 1. The summed E-state index contributed by atoms with van der Waals surface area (Å²) in [5.74, 6) is 3.01. The fourth-order valence-electron chi connectivity index (χ4n) is 3.01. The lowest BCUT2D eigenvalue weighted by Crippen LogP contribution is -1.96. The summed E-state index contributed by atoms with van der Waals surface area (Å²) in [6.07, 6.45) is 3.34. The number of rotatable bonds is 5. The number of fused-ring (bicyclic) bond motifs is 3. The van der Waals surface area contributed by atoms with Crippen LogP contribution in [0.5, 0.6) is 11.5 Å². The summed E-state index contributed by atoms with van der Waals surface area (Å²) < 4.78 is 20.3. The van der Waals surface area contributed by atoms with Gasteiger partial charge in [0.1, 0.15) is 18.7 Å². The van der Waals surface area contributed by atoms with Gasteiger partial charge in [0.25, 0.3) is 0 Å². The van der Waals surface area contributed by atoms with Gasteiger partial charge in [0.05, 0.1) is 18.7 Å². The molecule has 0 atom stereocenters. The van der Waals surface area contributed by atoms with E-state index in [0.29, 0.717) is 34.5 Å². The Balaban J connectivity index is 1.42. The fourth-order valence-corrected chi connectivity index (χ4v) is 3.01. The first-order valence-electron chi connectivity index (χ1n) is 8.61. The maximum Gasteiger partial charge on any atom is 0.217 e. The largest absolute Gasteiger partial charge is 0.493 e. The highest BCUT2D eigenvalue weighted by Gasteiger charge is 2.15. The quantitative estimate of drug-likeness (QED) is 0.466. The number of hydrogen-bond donors (Lipinski definition) is 0. The fraction of sp³-hybridized carbons (Fsp3) is 0.158. The standard InChI is InChI=1S/C19H16N6O3/c1-24-18-13(9-21-24)19-22-17(23-25(19)11-20-18)16-8-7-12(28-16)10-27-15-6-4-3-5-14(15)26-2/h3-9,11H,10H2,1-2H3. The Morgan fingerprint density at radius 2 is 1.93 bits per heavy atom. The molecule has 0 bridgehead atoms. The van der Waals surface area contributed by atoms with Gasteiger partial charge in [-0.25, -0.2) is 14.5 Å². The van der Waals surface area contributed by atoms with E-state index in [2.05, 4.69) is 20.2 Å². The zero-order valence-electron chi connectivity index (χ0n) is 15.2. The Labute approximate surface area is 159 Å². The number of hydrogen-bond acceptors (Lipinski definition) is 7. The van der Waals surface area contributed by atoms with Crippen LogP contribution in [0.25, 0.3) is 28.3 Å². The van der Waals surface area contributed by atoms with E-state index in [4.69, 9.17) is 13.9 Å². The van der Waals surface area contributed by atoms with Crippen molar-refractivity contribution in [3.05, 3.63) is 54.7 Å². The smallest absolute Gasteiger partial charge is 0.217 e. The van der Waals surface area contributed by atoms with Crippen molar-refractivity contribution in [3.8, 4) is 23.1 Å². The molecular formula is C19H16N6O3. The lowest BCUT2D eigenvalue weighted by Gasteiger charge is -2.08. The molecule has 0 radical (unpaired) electrons. The first kappa shape index (κ1) is 16.3. The number of nitrogens with zero attached hydrogens (tertiary/aromatic N) is 6. The predicted molar refractivity (Wildman–Crippen MR) is 100 cm³/mol. The predicted octanol–water partition coefficient (Wildman–Crippen LogP) is 2.86. The number of ether oxygens (including phenoxy) is 2. The summed E-state index contributed by atoms with van der Waals surface area (Å²) in [6, 6.07) is 11.1. The number of para-hydroxylation sites is 2. The van der Waals surface area contributed by atoms with E-state index < -0.39 is 0 Å². The van der Waals surface area contributed by atoms with Crippen LogP contribution in [0.2, 0.25) is 0 Å². The van der Waals surface area contributed by atoms with Gasteiger partial charge in [0.15, 0.2) is 28.6 Å². The SMILES string of the molecule is COc1ccccc1OCc1ccc(-c2nc3c4cnn(C)c4ncn3n2)o1. The Hall–Kier alpha value is -3.88. The number of aromatic nitrogens is 6. The second kappa shape index (κ2) is 6.38. The van der Waals surface area contributed by atoms with Gasteiger partial charge in [-0.3, -0.25) is 4.68 Å². The first-order chi connectivity index (χ1) is 13.7. The zero-order valence-corrected chi connectivity index (χ0v) is 15.2. The molecule has 0 aliphatic rings. The molecule has 0 fully saturated rings. The van der Waals surface area contributed by atoms with Crippen LogP contribution in [0.1, 0.15) is 5.76 Å². The molecule has 5 rings (SSSR count). The average Bonchev–Trinajstić information content (AvgIpc) is 3.44. The van der Waals surface area contributed by atoms with Crippen molar-refractivity contribution < 1.29 is 13.9 Å². The average molecular weight is 376 g/mol. The highest BCUT2D eigenvalue weighted by Crippen LogP contribution is 2.28. The first-order valence-corrected chi connectivity index (χ1v) is 8.61. The van der Waals surface area contributed by atoms with Crippen molar-refractivity contribution >= 4 is 16.7 Å². The molecule has 0 aliphatic carbocycles. The molecule has 0 saturated carbocycles. The van der Waals surface area contributed by atoms with E-state index >= 15 is 0 Å². The monoisotopic (exact) mass is 376 g/mol. The molecule has 5 aromatic rings. The molecule has 4 heterocycles. The molecule has 140 valence electrons. The molecule has 4 aromatic heterocycles. The summed E-state index contributed by atoms with van der Waals surface area (Å²) in [7, 11) is 3.44. The van der Waals surface area contributed by atoms with E-state index in [1.807, 2.05) is 43.4 Å². The molecule has 1 aromatic carbocycles. The van der Waals surface area contributed by atoms with E-state index in [9.17, 15) is 0 Å². The molecule has 9 nitrogen and oxygen atoms in total. The third kappa shape index (κ3) is 2.64. The van der Waals surface area contributed by atoms with Crippen molar-refractivity contribution in [1.29, 1.82) is 0 Å². The molecule has 0 saturated heterocycles. The second-order valence-corrected chi connectivity index (χ2v) is 6.16. The van der Waals surface area contributed by atoms with Crippen LogP contribution in [0.15, 0.2) is 53.3 Å². The molecule has 28 heavy (non-hydrogen) atoms. The van der Waals surface area contributed by atoms with Gasteiger partial charge in [-0.2, -0.15) is 5.10 Å². The van der Waals surface area contributed by atoms with Crippen LogP contribution in [0.4, 0.5) is 0 Å². The highest BCUT2D eigenvalue weighted by atomic mass is 16.5. The van der Waals surface area contributed by atoms with Crippen molar-refractivity contribution in [2.75, 3.05) is 7.11 Å². The lowest BCUT2D eigenvalue weighted by molar-refractivity contribution is 0.257. The third-order valence-corrected chi connectivity index (χ3v) is 4.39. The Kier molecular flexibility index (Phi) is 3.71. The summed E-state index contributed by atoms with van der Waals surface area (Å²) in [5.41, 5.74) is 1.42. The number of methoxy groups -OCH3 is 1. The molecular weight excluding hydrogens is 360 g/mol. The van der Waals surface area contributed by atoms with Crippen LogP contribution in [-0.4, -0.2) is 36.5 Å². The van der Waals surface area contributed by atoms with Crippen LogP contribution in [-0.2, 0) is 13.7 Å². The minimum atomic E-state index is 0.266. The molecule has 0 amide bonds. The van der Waals surface area contributed by atoms with E-state index in [1.165, 1.54) is 0 Å². The van der Waals surface area contributed by atoms with Gasteiger partial charge in [0, 0.05) is 7.05 Å². The maximum atomic E-state index is 5.87. The van der Waals surface area contributed by atoms with Gasteiger partial charge in [-0.15, -0.1) is 5.10 Å². The van der Waals surface area contributed by atoms with Crippen LogP contribution in [0, 0.1) is 0 Å². The van der Waals surface area contributed by atoms with Crippen LogP contribution in [0.3, 0.4) is 0 Å². The summed E-state index contributed by atoms with van der Waals surface area (Å²) in [5, 5.41) is 9.50. The third-order valence-electron chi connectivity index (χ3n) is 4.39. The molecule has 0 aliphatic heterocycles. The normalized spacial score (nSPS) is 11.4. The number of benzene rings is 1. The van der Waals surface area contributed by atoms with Gasteiger partial charge in [-0.05, 0) is 24.3 Å². The topological polar surface area (TPSA) is 92.5 Å².